The number of morpholine rings is 1. The van der Waals surface area contributed by atoms with Crippen molar-refractivity contribution >= 4 is 27.4 Å². The molecule has 1 saturated heterocycles. The van der Waals surface area contributed by atoms with Crippen LogP contribution in [0.4, 0.5) is 10.2 Å². The van der Waals surface area contributed by atoms with Gasteiger partial charge in [-0.25, -0.2) is 14.4 Å². The smallest absolute Gasteiger partial charge is 0.146 e. The molecule has 0 atom stereocenters. The molecule has 0 unspecified atom stereocenters. The van der Waals surface area contributed by atoms with Crippen LogP contribution < -0.4 is 5.32 Å². The maximum Gasteiger partial charge on any atom is 0.146 e. The minimum absolute atomic E-state index is 0.211. The number of aromatic nitrogens is 2. The molecule has 2 aliphatic rings. The highest BCUT2D eigenvalue weighted by atomic mass is 32.1. The van der Waals surface area contributed by atoms with Crippen molar-refractivity contribution in [3.8, 4) is 0 Å². The molecule has 1 aliphatic heterocycles. The fourth-order valence-corrected chi connectivity index (χ4v) is 5.27. The molecule has 5 nitrogen and oxygen atoms in total. The van der Waals surface area contributed by atoms with Crippen molar-refractivity contribution in [1.29, 1.82) is 0 Å². The Morgan fingerprint density at radius 2 is 1.93 bits per heavy atom. The van der Waals surface area contributed by atoms with Crippen LogP contribution in [0.1, 0.15) is 28.2 Å². The largest absolute Gasteiger partial charge is 0.379 e. The first-order valence-electron chi connectivity index (χ1n) is 9.86. The molecule has 2 aromatic heterocycles. The number of ether oxygens (including phenoxy) is 1. The summed E-state index contributed by atoms with van der Waals surface area (Å²) in [6.07, 6.45) is 3.46. The van der Waals surface area contributed by atoms with Crippen LogP contribution in [0.2, 0.25) is 0 Å². The molecule has 0 amide bonds. The van der Waals surface area contributed by atoms with E-state index in [-0.39, 0.29) is 5.82 Å². The van der Waals surface area contributed by atoms with Gasteiger partial charge in [-0.3, -0.25) is 4.90 Å². The van der Waals surface area contributed by atoms with Gasteiger partial charge in [0.25, 0.3) is 0 Å². The van der Waals surface area contributed by atoms with Gasteiger partial charge < -0.3 is 10.1 Å². The second kappa shape index (κ2) is 7.73. The summed E-state index contributed by atoms with van der Waals surface area (Å²) in [6, 6.07) is 6.62. The number of nitrogens with zero attached hydrogens (tertiary/aromatic N) is 3. The zero-order valence-corrected chi connectivity index (χ0v) is 16.5. The number of rotatable bonds is 5. The summed E-state index contributed by atoms with van der Waals surface area (Å²) in [6.45, 7) is 4.74. The molecule has 1 fully saturated rings. The maximum atomic E-state index is 13.2. The monoisotopic (exact) mass is 398 g/mol. The lowest BCUT2D eigenvalue weighted by Gasteiger charge is -2.25. The Labute approximate surface area is 167 Å². The number of hydrogen-bond acceptors (Lipinski definition) is 6. The number of anilines is 1. The van der Waals surface area contributed by atoms with E-state index in [1.165, 1.54) is 34.4 Å². The third-order valence-corrected chi connectivity index (χ3v) is 6.64. The third kappa shape index (κ3) is 3.62. The first-order valence-corrected chi connectivity index (χ1v) is 10.7. The van der Waals surface area contributed by atoms with Crippen molar-refractivity contribution in [2.45, 2.75) is 32.4 Å². The minimum Gasteiger partial charge on any atom is -0.379 e. The van der Waals surface area contributed by atoms with Crippen molar-refractivity contribution in [3.05, 3.63) is 51.9 Å². The number of fused-ring (bicyclic) bond motifs is 3. The van der Waals surface area contributed by atoms with E-state index in [1.54, 1.807) is 0 Å². The molecule has 0 spiro atoms. The SMILES string of the molecule is Fc1ccc(CNc2nc(CN3CCOCC3)nc3sc4c(c23)CCC4)cc1. The molecule has 1 aromatic carbocycles. The summed E-state index contributed by atoms with van der Waals surface area (Å²) in [4.78, 5) is 14.7. The average molecular weight is 399 g/mol. The fraction of sp³-hybridized carbons (Fsp3) is 0.429. The Hall–Kier alpha value is -2.09. The summed E-state index contributed by atoms with van der Waals surface area (Å²) in [5, 5.41) is 4.69. The Kier molecular flexibility index (Phi) is 4.96. The number of nitrogens with one attached hydrogen (secondary N) is 1. The molecule has 7 heteroatoms. The van der Waals surface area contributed by atoms with Crippen molar-refractivity contribution in [2.24, 2.45) is 0 Å². The normalized spacial score (nSPS) is 17.2. The summed E-state index contributed by atoms with van der Waals surface area (Å²) < 4.78 is 18.6. The Morgan fingerprint density at radius 1 is 1.11 bits per heavy atom. The van der Waals surface area contributed by atoms with E-state index < -0.39 is 0 Å². The molecule has 0 radical (unpaired) electrons. The van der Waals surface area contributed by atoms with E-state index in [2.05, 4.69) is 10.2 Å². The van der Waals surface area contributed by atoms with Gasteiger partial charge in [-0.15, -0.1) is 11.3 Å². The summed E-state index contributed by atoms with van der Waals surface area (Å²) in [5.41, 5.74) is 2.45. The van der Waals surface area contributed by atoms with Crippen molar-refractivity contribution in [2.75, 3.05) is 31.6 Å². The molecular formula is C21H23FN4OS. The van der Waals surface area contributed by atoms with E-state index in [1.807, 2.05) is 23.5 Å². The minimum atomic E-state index is -0.211. The van der Waals surface area contributed by atoms with Crippen LogP contribution in [0.3, 0.4) is 0 Å². The van der Waals surface area contributed by atoms with Gasteiger partial charge in [-0.1, -0.05) is 12.1 Å². The van der Waals surface area contributed by atoms with Gasteiger partial charge in [0.1, 0.15) is 22.3 Å². The van der Waals surface area contributed by atoms with Crippen molar-refractivity contribution in [3.63, 3.8) is 0 Å². The first-order chi connectivity index (χ1) is 13.8. The second-order valence-corrected chi connectivity index (χ2v) is 8.48. The first kappa shape index (κ1) is 18.0. The van der Waals surface area contributed by atoms with E-state index in [0.29, 0.717) is 6.54 Å². The predicted molar refractivity (Wildman–Crippen MR) is 109 cm³/mol. The molecule has 3 aromatic rings. The number of halogens is 1. The van der Waals surface area contributed by atoms with Crippen molar-refractivity contribution in [1.82, 2.24) is 14.9 Å². The summed E-state index contributed by atoms with van der Waals surface area (Å²) in [5.74, 6) is 1.56. The highest BCUT2D eigenvalue weighted by Crippen LogP contribution is 2.39. The average Bonchev–Trinajstić information content (AvgIpc) is 3.29. The number of benzene rings is 1. The molecule has 1 aliphatic carbocycles. The van der Waals surface area contributed by atoms with Gasteiger partial charge in [0.2, 0.25) is 0 Å². The Balaban J connectivity index is 1.46. The highest BCUT2D eigenvalue weighted by Gasteiger charge is 2.23. The van der Waals surface area contributed by atoms with E-state index in [4.69, 9.17) is 14.7 Å². The van der Waals surface area contributed by atoms with Crippen LogP contribution >= 0.6 is 11.3 Å². The Morgan fingerprint density at radius 3 is 2.75 bits per heavy atom. The number of aryl methyl sites for hydroxylation is 2. The molecule has 0 saturated carbocycles. The van der Waals surface area contributed by atoms with E-state index in [0.717, 1.165) is 67.7 Å². The van der Waals surface area contributed by atoms with Gasteiger partial charge >= 0.3 is 0 Å². The Bertz CT molecular complexity index is 982. The predicted octanol–water partition coefficient (Wildman–Crippen LogP) is 3.76. The molecule has 1 N–H and O–H groups in total. The van der Waals surface area contributed by atoms with Crippen LogP contribution in [-0.4, -0.2) is 41.2 Å². The number of hydrogen-bond donors (Lipinski definition) is 1. The van der Waals surface area contributed by atoms with Crippen LogP contribution in [-0.2, 0) is 30.7 Å². The molecule has 5 rings (SSSR count). The maximum absolute atomic E-state index is 13.2. The molecule has 146 valence electrons. The quantitative estimate of drug-likeness (QED) is 0.709. The number of thiophene rings is 1. The lowest BCUT2D eigenvalue weighted by molar-refractivity contribution is 0.0331. The van der Waals surface area contributed by atoms with E-state index in [9.17, 15) is 4.39 Å². The molecule has 0 bridgehead atoms. The standard InChI is InChI=1S/C21H23FN4OS/c22-15-6-4-14(5-7-15)12-23-20-19-16-2-1-3-17(16)28-21(19)25-18(24-20)13-26-8-10-27-11-9-26/h4-7H,1-3,8-13H2,(H,23,24,25). The zero-order valence-electron chi connectivity index (χ0n) is 15.7. The van der Waals surface area contributed by atoms with Gasteiger partial charge in [-0.05, 0) is 42.5 Å². The van der Waals surface area contributed by atoms with Crippen LogP contribution in [0.25, 0.3) is 10.2 Å². The fourth-order valence-electron chi connectivity index (χ4n) is 3.99. The van der Waals surface area contributed by atoms with Crippen LogP contribution in [0.5, 0.6) is 0 Å². The summed E-state index contributed by atoms with van der Waals surface area (Å²) in [7, 11) is 0. The molecule has 3 heterocycles. The topological polar surface area (TPSA) is 50.3 Å². The zero-order chi connectivity index (χ0) is 18.9. The lowest BCUT2D eigenvalue weighted by atomic mass is 10.1. The lowest BCUT2D eigenvalue weighted by Crippen LogP contribution is -2.36. The highest BCUT2D eigenvalue weighted by molar-refractivity contribution is 7.19. The van der Waals surface area contributed by atoms with Gasteiger partial charge in [0.05, 0.1) is 25.1 Å². The van der Waals surface area contributed by atoms with Gasteiger partial charge in [-0.2, -0.15) is 0 Å². The molecular weight excluding hydrogens is 375 g/mol. The van der Waals surface area contributed by atoms with E-state index >= 15 is 0 Å². The third-order valence-electron chi connectivity index (χ3n) is 5.45. The second-order valence-electron chi connectivity index (χ2n) is 7.39. The van der Waals surface area contributed by atoms with Crippen LogP contribution in [0.15, 0.2) is 24.3 Å². The molecule has 28 heavy (non-hydrogen) atoms. The van der Waals surface area contributed by atoms with Gasteiger partial charge in [0, 0.05) is 24.5 Å². The summed E-state index contributed by atoms with van der Waals surface area (Å²) >= 11 is 1.82. The van der Waals surface area contributed by atoms with Crippen LogP contribution in [0, 0.1) is 5.82 Å². The van der Waals surface area contributed by atoms with Crippen molar-refractivity contribution < 1.29 is 9.13 Å². The van der Waals surface area contributed by atoms with Gasteiger partial charge in [0.15, 0.2) is 0 Å².